The summed E-state index contributed by atoms with van der Waals surface area (Å²) in [6.07, 6.45) is 2.05. The normalized spacial score (nSPS) is 17.3. The van der Waals surface area contributed by atoms with Gasteiger partial charge in [-0.2, -0.15) is 0 Å². The maximum absolute atomic E-state index is 14.7. The molecule has 230 valence electrons. The summed E-state index contributed by atoms with van der Waals surface area (Å²) in [5.74, 6) is 0.818. The van der Waals surface area contributed by atoms with E-state index in [1.807, 2.05) is 32.0 Å². The Kier molecular flexibility index (Phi) is 10.2. The van der Waals surface area contributed by atoms with Crippen molar-refractivity contribution in [2.45, 2.75) is 71.7 Å². The van der Waals surface area contributed by atoms with Gasteiger partial charge in [0, 0.05) is 44.3 Å². The standard InChI is InChI=1S/C33H47FN4O4/c1-24(2)37(32(40)42-33(3,4)5)16-17-38(29(20-34)26-10-7-6-8-11-26)30(39)21-35-28-13-9-12-27-23-36(22-25-14-15-25)18-19-41-31(27)28/h6-13,24-25,29,35H,14-23H2,1-5H3/i21T. The Hall–Kier alpha value is -3.33. The predicted molar refractivity (Wildman–Crippen MR) is 163 cm³/mol. The molecule has 42 heavy (non-hydrogen) atoms. The molecular formula is C33H47FN4O4. The number of nitrogens with one attached hydrogen (secondary N) is 1. The van der Waals surface area contributed by atoms with Gasteiger partial charge < -0.3 is 24.6 Å². The van der Waals surface area contributed by atoms with Crippen molar-refractivity contribution >= 4 is 17.7 Å². The van der Waals surface area contributed by atoms with Gasteiger partial charge in [-0.1, -0.05) is 42.5 Å². The summed E-state index contributed by atoms with van der Waals surface area (Å²) in [6.45, 7) is 10.1. The lowest BCUT2D eigenvalue weighted by Gasteiger charge is -2.35. The number of ether oxygens (including phenoxy) is 2. The molecule has 8 nitrogen and oxygen atoms in total. The van der Waals surface area contributed by atoms with E-state index in [1.165, 1.54) is 22.6 Å². The second kappa shape index (κ2) is 14.2. The highest BCUT2D eigenvalue weighted by molar-refractivity contribution is 5.82. The fourth-order valence-corrected chi connectivity index (χ4v) is 5.18. The van der Waals surface area contributed by atoms with Crippen molar-refractivity contribution in [3.8, 4) is 5.75 Å². The topological polar surface area (TPSA) is 74.4 Å². The first kappa shape index (κ1) is 30.1. The zero-order valence-electron chi connectivity index (χ0n) is 26.6. The molecule has 1 fully saturated rings. The first-order chi connectivity index (χ1) is 20.5. The highest BCUT2D eigenvalue weighted by atomic mass is 19.1. The van der Waals surface area contributed by atoms with Gasteiger partial charge in [0.15, 0.2) is 0 Å². The van der Waals surface area contributed by atoms with Crippen LogP contribution in [-0.2, 0) is 16.1 Å². The minimum Gasteiger partial charge on any atom is -0.490 e. The van der Waals surface area contributed by atoms with Gasteiger partial charge in [-0.3, -0.25) is 9.69 Å². The predicted octanol–water partition coefficient (Wildman–Crippen LogP) is 5.89. The number of alkyl halides is 1. The average Bonchev–Trinajstić information content (AvgIpc) is 3.79. The van der Waals surface area contributed by atoms with Crippen LogP contribution in [-0.4, -0.2) is 84.3 Å². The molecule has 1 heterocycles. The molecule has 1 N–H and O–H groups in total. The molecule has 4 rings (SSSR count). The molecule has 2 amide bonds. The first-order valence-electron chi connectivity index (χ1n) is 15.6. The summed E-state index contributed by atoms with van der Waals surface area (Å²) in [7, 11) is 0. The van der Waals surface area contributed by atoms with Gasteiger partial charge in [-0.05, 0) is 65.0 Å². The van der Waals surface area contributed by atoms with Crippen molar-refractivity contribution in [1.82, 2.24) is 14.7 Å². The number of nitrogens with zero attached hydrogens (tertiary/aromatic N) is 3. The third kappa shape index (κ3) is 8.84. The van der Waals surface area contributed by atoms with E-state index in [-0.39, 0.29) is 19.1 Å². The van der Waals surface area contributed by atoms with E-state index in [1.54, 1.807) is 51.1 Å². The van der Waals surface area contributed by atoms with Crippen LogP contribution >= 0.6 is 0 Å². The molecule has 0 bridgehead atoms. The number of para-hydroxylation sites is 1. The molecule has 2 atom stereocenters. The van der Waals surface area contributed by atoms with Gasteiger partial charge in [0.25, 0.3) is 0 Å². The van der Waals surface area contributed by atoms with Crippen molar-refractivity contribution in [2.24, 2.45) is 5.92 Å². The van der Waals surface area contributed by atoms with Crippen molar-refractivity contribution in [2.75, 3.05) is 51.3 Å². The molecule has 2 aliphatic rings. The molecule has 2 aromatic rings. The van der Waals surface area contributed by atoms with Crippen LogP contribution in [0.25, 0.3) is 0 Å². The van der Waals surface area contributed by atoms with E-state index in [0.717, 1.165) is 31.1 Å². The van der Waals surface area contributed by atoms with E-state index < -0.39 is 36.8 Å². The van der Waals surface area contributed by atoms with Crippen LogP contribution in [0.2, 0.25) is 0 Å². The maximum atomic E-state index is 14.7. The molecular weight excluding hydrogens is 535 g/mol. The van der Waals surface area contributed by atoms with Gasteiger partial charge in [-0.15, -0.1) is 0 Å². The zero-order valence-corrected chi connectivity index (χ0v) is 25.6. The van der Waals surface area contributed by atoms with Crippen LogP contribution in [0.3, 0.4) is 0 Å². The number of amides is 2. The molecule has 9 heteroatoms. The number of rotatable bonds is 12. The van der Waals surface area contributed by atoms with Gasteiger partial charge >= 0.3 is 6.09 Å². The summed E-state index contributed by atoms with van der Waals surface area (Å²) >= 11 is 0. The van der Waals surface area contributed by atoms with Crippen LogP contribution in [0.15, 0.2) is 48.5 Å². The van der Waals surface area contributed by atoms with E-state index in [0.29, 0.717) is 23.6 Å². The van der Waals surface area contributed by atoms with Crippen LogP contribution in [0.5, 0.6) is 5.75 Å². The second-order valence-corrected chi connectivity index (χ2v) is 12.5. The number of hydrogen-bond donors (Lipinski definition) is 1. The number of benzene rings is 2. The molecule has 2 unspecified atom stereocenters. The molecule has 0 aromatic heterocycles. The Balaban J connectivity index is 1.54. The number of carbonyl (C=O) groups is 2. The van der Waals surface area contributed by atoms with Crippen LogP contribution in [0.4, 0.5) is 14.9 Å². The summed E-state index contributed by atoms with van der Waals surface area (Å²) < 4.78 is 35.3. The van der Waals surface area contributed by atoms with Crippen molar-refractivity contribution in [3.63, 3.8) is 0 Å². The first-order valence-corrected chi connectivity index (χ1v) is 15.0. The molecule has 1 aliphatic heterocycles. The second-order valence-electron chi connectivity index (χ2n) is 12.5. The largest absolute Gasteiger partial charge is 0.490 e. The summed E-state index contributed by atoms with van der Waals surface area (Å²) in [5.41, 5.74) is 1.50. The average molecular weight is 585 g/mol. The summed E-state index contributed by atoms with van der Waals surface area (Å²) in [5, 5.41) is 3.04. The highest BCUT2D eigenvalue weighted by Gasteiger charge is 2.30. The van der Waals surface area contributed by atoms with Gasteiger partial charge in [0.05, 0.1) is 19.6 Å². The Labute approximate surface area is 251 Å². The minimum absolute atomic E-state index is 0.0241. The molecule has 0 radical (unpaired) electrons. The van der Waals surface area contributed by atoms with Gasteiger partial charge in [0.2, 0.25) is 5.91 Å². The lowest BCUT2D eigenvalue weighted by atomic mass is 10.1. The van der Waals surface area contributed by atoms with Crippen molar-refractivity contribution in [3.05, 3.63) is 59.7 Å². The highest BCUT2D eigenvalue weighted by Crippen LogP contribution is 2.35. The fraction of sp³-hybridized carbons (Fsp3) is 0.576. The summed E-state index contributed by atoms with van der Waals surface area (Å²) in [4.78, 5) is 32.2. The molecule has 0 spiro atoms. The Morgan fingerprint density at radius 1 is 1.12 bits per heavy atom. The van der Waals surface area contributed by atoms with Crippen LogP contribution in [0, 0.1) is 5.92 Å². The van der Waals surface area contributed by atoms with Gasteiger partial charge in [0.1, 0.15) is 24.6 Å². The van der Waals surface area contributed by atoms with E-state index in [2.05, 4.69) is 10.2 Å². The fourth-order valence-electron chi connectivity index (χ4n) is 5.18. The molecule has 1 aliphatic carbocycles. The molecule has 1 saturated carbocycles. The van der Waals surface area contributed by atoms with Crippen LogP contribution in [0.1, 0.15) is 66.0 Å². The molecule has 0 saturated heterocycles. The third-order valence-electron chi connectivity index (χ3n) is 7.53. The number of hydrogen-bond acceptors (Lipinski definition) is 6. The lowest BCUT2D eigenvalue weighted by molar-refractivity contribution is -0.132. The number of anilines is 1. The number of fused-ring (bicyclic) bond motifs is 1. The smallest absolute Gasteiger partial charge is 0.410 e. The summed E-state index contributed by atoms with van der Waals surface area (Å²) in [6, 6.07) is 13.5. The van der Waals surface area contributed by atoms with Crippen LogP contribution < -0.4 is 10.1 Å². The van der Waals surface area contributed by atoms with Crippen molar-refractivity contribution in [1.29, 1.82) is 0 Å². The lowest BCUT2D eigenvalue weighted by Crippen LogP contribution is -2.48. The van der Waals surface area contributed by atoms with E-state index in [9.17, 15) is 14.0 Å². The third-order valence-corrected chi connectivity index (χ3v) is 7.53. The molecule has 2 aromatic carbocycles. The van der Waals surface area contributed by atoms with E-state index in [4.69, 9.17) is 10.8 Å². The quantitative estimate of drug-likeness (QED) is 0.336. The Bertz CT molecular complexity index is 1220. The SMILES string of the molecule is [3H]C(Nc1cccc2c1OCCN(CC1CC1)C2)C(=O)N(CCN(C(=O)OC(C)(C)C)C(C)C)C(CF)c1ccccc1. The van der Waals surface area contributed by atoms with Crippen molar-refractivity contribution < 1.29 is 24.8 Å². The Morgan fingerprint density at radius 2 is 1.83 bits per heavy atom. The van der Waals surface area contributed by atoms with Gasteiger partial charge in [-0.25, -0.2) is 9.18 Å². The maximum Gasteiger partial charge on any atom is 0.410 e. The number of carbonyl (C=O) groups excluding carboxylic acids is 2. The van der Waals surface area contributed by atoms with E-state index >= 15 is 0 Å². The minimum atomic E-state index is -1.42. The monoisotopic (exact) mass is 584 g/mol. The zero-order chi connectivity index (χ0) is 31.1. The Morgan fingerprint density at radius 3 is 2.48 bits per heavy atom. The number of halogens is 1.